The summed E-state index contributed by atoms with van der Waals surface area (Å²) in [7, 11) is -13.0. The third-order valence-electron chi connectivity index (χ3n) is 18.5. The number of fused-ring (bicyclic) bond motifs is 3. The molecule has 0 bridgehead atoms. The van der Waals surface area contributed by atoms with Crippen LogP contribution in [0, 0.1) is 26.2 Å². The van der Waals surface area contributed by atoms with Crippen molar-refractivity contribution < 1.29 is 98.5 Å². The average molecular weight is 1810 g/mol. The Balaban J connectivity index is 0.000000196. The molecule has 0 fully saturated rings. The third-order valence-corrected chi connectivity index (χ3v) is 20.7. The maximum atomic E-state index is 13.1. The summed E-state index contributed by atoms with van der Waals surface area (Å²) in [6.07, 6.45) is -3.77. The molecule has 4 amide bonds. The number of alkyl halides is 6. The Bertz CT molecular complexity index is 6470. The summed E-state index contributed by atoms with van der Waals surface area (Å²) in [5, 5.41) is 45.1. The highest BCUT2D eigenvalue weighted by atomic mass is 35.5. The molecule has 650 valence electrons. The number of rotatable bonds is 26. The Morgan fingerprint density at radius 3 is 1.14 bits per heavy atom. The number of carbonyl (C=O) groups excluding carboxylic acids is 5. The van der Waals surface area contributed by atoms with E-state index in [-0.39, 0.29) is 51.7 Å². The van der Waals surface area contributed by atoms with Gasteiger partial charge in [-0.25, -0.2) is 34.4 Å². The number of aryl methyl sites for hydroxylation is 6. The highest BCUT2D eigenvalue weighted by molar-refractivity contribution is 7.88. The molecule has 31 nitrogen and oxygen atoms in total. The van der Waals surface area contributed by atoms with Crippen LogP contribution in [0.5, 0.6) is 5.75 Å². The molecule has 42 heteroatoms. The quantitative estimate of drug-likeness (QED) is 0.00787. The fourth-order valence-electron chi connectivity index (χ4n) is 12.4. The lowest BCUT2D eigenvalue weighted by Crippen LogP contribution is -2.41. The van der Waals surface area contributed by atoms with Crippen LogP contribution in [0.15, 0.2) is 218 Å². The van der Waals surface area contributed by atoms with Crippen molar-refractivity contribution in [2.75, 3.05) is 16.0 Å². The smallest absolute Gasteiger partial charge is 0.416 e. The third kappa shape index (κ3) is 24.3. The summed E-state index contributed by atoms with van der Waals surface area (Å²) < 4.78 is 171. The van der Waals surface area contributed by atoms with E-state index in [2.05, 4.69) is 36.4 Å². The van der Waals surface area contributed by atoms with Crippen molar-refractivity contribution in [1.82, 2.24) is 19.5 Å². The van der Waals surface area contributed by atoms with Crippen LogP contribution in [0.1, 0.15) is 138 Å². The van der Waals surface area contributed by atoms with E-state index in [0.29, 0.717) is 85.8 Å². The number of oxime groups is 2. The summed E-state index contributed by atoms with van der Waals surface area (Å²) in [6, 6.07) is 39.1. The van der Waals surface area contributed by atoms with E-state index in [4.69, 9.17) is 73.6 Å². The van der Waals surface area contributed by atoms with Gasteiger partial charge in [0.1, 0.15) is 40.7 Å². The van der Waals surface area contributed by atoms with Gasteiger partial charge in [0.15, 0.2) is 17.4 Å². The fraction of sp³-hybridized carbons (Fsp3) is 0.171. The molecule has 0 saturated carbocycles. The van der Waals surface area contributed by atoms with Crippen LogP contribution in [0.4, 0.5) is 43.4 Å². The Kier molecular flexibility index (Phi) is 29.1. The van der Waals surface area contributed by atoms with Gasteiger partial charge in [-0.05, 0) is 248 Å². The van der Waals surface area contributed by atoms with Gasteiger partial charge < -0.3 is 55.7 Å². The number of carbonyl (C=O) groups is 5. The molecule has 9 aromatic carbocycles. The van der Waals surface area contributed by atoms with Crippen LogP contribution in [-0.2, 0) is 81.5 Å². The van der Waals surface area contributed by atoms with Crippen LogP contribution >= 0.6 is 23.2 Å². The summed E-state index contributed by atoms with van der Waals surface area (Å²) in [5.41, 5.74) is 18.4. The molecule has 0 aliphatic carbocycles. The summed E-state index contributed by atoms with van der Waals surface area (Å²) in [5.74, 6) is -4.83. The Morgan fingerprint density at radius 1 is 0.452 bits per heavy atom. The van der Waals surface area contributed by atoms with Crippen molar-refractivity contribution in [2.45, 2.75) is 91.3 Å². The molecule has 3 unspecified atom stereocenters. The van der Waals surface area contributed by atoms with Crippen LogP contribution in [0.2, 0.25) is 10.0 Å². The maximum Gasteiger partial charge on any atom is 0.416 e. The molecule has 3 heterocycles. The highest BCUT2D eigenvalue weighted by Gasteiger charge is 2.38. The van der Waals surface area contributed by atoms with E-state index in [1.165, 1.54) is 42.5 Å². The number of para-hydroxylation sites is 1. The SMILES string of the molecule is CCc1cc(C(Nc2ccc(C(=N)NC(=O)c3ccc(Cl)c(Cl)c3)cc2)C(=O)NS(N)(=O)=O)cc2c(C)coc12.CCc1cc(C(Nc2ccc(C(N)=NOC(=O)c3cc(C(F)(F)F)cc(C(F)(F)F)c3)cc2)C(=O)NS(N)(=O)=O)cc2c(C)coc12.CCc1cc(C(Nc2ccc(C(N)=NOc3ccccc3)cc2)C(=O)NS(N)(=O)=O)cc2c(C)coc12. The average Bonchev–Trinajstić information content (AvgIpc) is 1.13. The summed E-state index contributed by atoms with van der Waals surface area (Å²) in [4.78, 5) is 73.8. The van der Waals surface area contributed by atoms with Crippen molar-refractivity contribution >= 4 is 151 Å². The summed E-state index contributed by atoms with van der Waals surface area (Å²) >= 11 is 11.9. The van der Waals surface area contributed by atoms with E-state index in [1.54, 1.807) is 121 Å². The first-order valence-corrected chi connectivity index (χ1v) is 42.1. The lowest BCUT2D eigenvalue weighted by molar-refractivity contribution is -0.143. The molecule has 12 rings (SSSR count). The number of halogens is 8. The van der Waals surface area contributed by atoms with Crippen LogP contribution in [-0.4, -0.2) is 72.4 Å². The van der Waals surface area contributed by atoms with Gasteiger partial charge in [-0.2, -0.15) is 51.6 Å². The molecule has 12 aromatic rings. The normalized spacial score (nSPS) is 12.8. The predicted molar refractivity (Wildman–Crippen MR) is 454 cm³/mol. The molecule has 0 aliphatic heterocycles. The van der Waals surface area contributed by atoms with Crippen molar-refractivity contribution in [3.05, 3.63) is 294 Å². The van der Waals surface area contributed by atoms with Crippen molar-refractivity contribution in [3.63, 3.8) is 0 Å². The van der Waals surface area contributed by atoms with E-state index in [1.807, 2.05) is 68.3 Å². The zero-order valence-corrected chi connectivity index (χ0v) is 69.9. The van der Waals surface area contributed by atoms with Crippen molar-refractivity contribution in [2.24, 2.45) is 37.2 Å². The first kappa shape index (κ1) is 92.9. The Morgan fingerprint density at radius 2 is 0.798 bits per heavy atom. The van der Waals surface area contributed by atoms with Gasteiger partial charge in [-0.3, -0.25) is 24.6 Å². The molecular weight excluding hydrogens is 1730 g/mol. The first-order chi connectivity index (χ1) is 58.3. The number of anilines is 3. The van der Waals surface area contributed by atoms with Gasteiger partial charge in [-0.15, -0.1) is 0 Å². The molecule has 3 atom stereocenters. The number of hydrogen-bond donors (Lipinski definition) is 13. The standard InChI is InChI=1S/C29H25F6N5O6S.C27H25Cl2N5O5S.C26H27N5O5S/c1-3-15-8-17(11-22-14(2)13-45-24(15)22)23(26(41)40-47(37,43)44)38-21-6-4-16(5-7-21)25(36)39-46-27(42)18-9-19(28(30,31)32)12-20(10-18)29(33,34)35;1-3-15-10-18(11-20-14(2)13-39-24(15)20)23(27(36)34-40(31,37)38)32-19-7-4-16(5-8-19)25(30)33-26(35)17-6-9-21(28)22(29)12-17;1-3-17-13-19(14-22-16(2)15-35-24(17)22)23(26(32)31-37(28,33)34)29-20-11-9-18(10-12-20)25(27)30-36-21-7-5-4-6-8-21/h4-13,23,38H,3H2,1-2H3,(H2,36,39)(H,40,41)(H2,37,43,44);4-13,23,32H,3H2,1-2H3,(H,34,36)(H2,30,33,35)(H2,31,37,38);4-15,23,29H,3H2,1-2H3,(H2,27,30)(H,31,32)(H2,28,33,34). The van der Waals surface area contributed by atoms with Gasteiger partial charge in [0, 0.05) is 55.5 Å². The molecule has 124 heavy (non-hydrogen) atoms. The minimum absolute atomic E-state index is 0.0950. The summed E-state index contributed by atoms with van der Waals surface area (Å²) in [6.45, 7) is 11.3. The number of benzene rings is 9. The Labute approximate surface area is 714 Å². The highest BCUT2D eigenvalue weighted by Crippen LogP contribution is 2.39. The van der Waals surface area contributed by atoms with Gasteiger partial charge in [0.2, 0.25) is 0 Å². The maximum absolute atomic E-state index is 13.1. The number of nitrogens with one attached hydrogen (secondary N) is 8. The van der Waals surface area contributed by atoms with Crippen LogP contribution in [0.3, 0.4) is 0 Å². The minimum Gasteiger partial charge on any atom is -0.464 e. The number of hydrogen-bond acceptors (Lipinski definition) is 22. The number of amides is 4. The molecule has 3 aromatic heterocycles. The first-order valence-electron chi connectivity index (χ1n) is 36.7. The molecule has 0 aliphatic rings. The second kappa shape index (κ2) is 38.8. The fourth-order valence-corrected chi connectivity index (χ4v) is 13.9. The molecule has 0 spiro atoms. The topological polar surface area (TPSA) is 509 Å². The minimum atomic E-state index is -5.18. The van der Waals surface area contributed by atoms with Crippen LogP contribution in [0.25, 0.3) is 32.9 Å². The number of furan rings is 3. The lowest BCUT2D eigenvalue weighted by atomic mass is 9.98. The van der Waals surface area contributed by atoms with Gasteiger partial charge in [0.25, 0.3) is 54.3 Å². The monoisotopic (exact) mass is 1810 g/mol. The second-order valence-electron chi connectivity index (χ2n) is 27.5. The largest absolute Gasteiger partial charge is 0.464 e. The van der Waals surface area contributed by atoms with E-state index in [0.717, 1.165) is 49.7 Å². The van der Waals surface area contributed by atoms with Gasteiger partial charge in [-0.1, -0.05) is 72.5 Å². The van der Waals surface area contributed by atoms with Crippen molar-refractivity contribution in [3.8, 4) is 5.75 Å². The molecular formula is C82H77Cl2F6N15O16S3. The van der Waals surface area contributed by atoms with E-state index in [9.17, 15) is 75.6 Å². The second-order valence-corrected chi connectivity index (χ2v) is 32.2. The van der Waals surface area contributed by atoms with Gasteiger partial charge in [0.05, 0.1) is 45.5 Å². The van der Waals surface area contributed by atoms with Crippen LogP contribution < -0.4 is 67.2 Å². The lowest BCUT2D eigenvalue weighted by Gasteiger charge is -2.20. The van der Waals surface area contributed by atoms with E-state index < -0.39 is 113 Å². The zero-order chi connectivity index (χ0) is 90.7. The predicted octanol–water partition coefficient (Wildman–Crippen LogP) is 13.6. The zero-order valence-electron chi connectivity index (χ0n) is 65.9. The number of amidine groups is 3. The molecule has 18 N–H and O–H groups in total. The van der Waals surface area contributed by atoms with Crippen molar-refractivity contribution in [1.29, 1.82) is 5.41 Å². The Hall–Kier alpha value is -13.4. The van der Waals surface area contributed by atoms with E-state index >= 15 is 0 Å². The number of nitrogens with zero attached hydrogens (tertiary/aromatic N) is 2. The molecule has 0 saturated heterocycles. The number of nitrogens with two attached hydrogens (primary N) is 5. The van der Waals surface area contributed by atoms with Gasteiger partial charge >= 0.3 is 18.3 Å². The molecule has 0 radical (unpaired) electrons.